The van der Waals surface area contributed by atoms with Crippen molar-refractivity contribution in [3.05, 3.63) is 35.9 Å². The van der Waals surface area contributed by atoms with Gasteiger partial charge in [-0.1, -0.05) is 12.2 Å². The average molecular weight is 370 g/mol. The van der Waals surface area contributed by atoms with Crippen molar-refractivity contribution in [3.63, 3.8) is 0 Å². The molecule has 4 N–H and O–H groups in total. The zero-order valence-corrected chi connectivity index (χ0v) is 16.0. The zero-order chi connectivity index (χ0) is 18.7. The first-order valence-corrected chi connectivity index (χ1v) is 10.1. The highest BCUT2D eigenvalue weighted by Gasteiger charge is 2.20. The number of hydrogen-bond acceptors (Lipinski definition) is 7. The van der Waals surface area contributed by atoms with E-state index in [9.17, 15) is 9.59 Å². The zero-order valence-electron chi connectivity index (χ0n) is 15.1. The van der Waals surface area contributed by atoms with E-state index in [0.717, 1.165) is 5.56 Å². The Bertz CT molecular complexity index is 588. The monoisotopic (exact) mass is 370 g/mol. The van der Waals surface area contributed by atoms with Crippen molar-refractivity contribution in [2.45, 2.75) is 27.2 Å². The number of allylic oxidation sites excluding steroid dienone is 1. The van der Waals surface area contributed by atoms with Crippen molar-refractivity contribution in [3.8, 4) is 5.75 Å². The van der Waals surface area contributed by atoms with E-state index in [1.165, 1.54) is 0 Å². The average Bonchev–Trinajstić information content (AvgIpc) is 2.52. The molecule has 9 heteroatoms. The predicted octanol–water partition coefficient (Wildman–Crippen LogP) is 2.67. The van der Waals surface area contributed by atoms with Gasteiger partial charge in [0.15, 0.2) is 0 Å². The summed E-state index contributed by atoms with van der Waals surface area (Å²) < 4.78 is 28.3. The van der Waals surface area contributed by atoms with Crippen LogP contribution >= 0.6 is 7.60 Å². The topological polar surface area (TPSA) is 103 Å². The number of ether oxygens (including phenoxy) is 1. The van der Waals surface area contributed by atoms with E-state index in [1.54, 1.807) is 38.9 Å². The third-order valence-electron chi connectivity index (χ3n) is 3.08. The first kappa shape index (κ1) is 21.7. The van der Waals surface area contributed by atoms with Crippen LogP contribution in [0.2, 0.25) is 6.82 Å². The summed E-state index contributed by atoms with van der Waals surface area (Å²) in [7, 11) is -3.66. The number of nitrogen functional groups attached to an aromatic ring is 1. The molecule has 0 radical (unpaired) electrons. The lowest BCUT2D eigenvalue weighted by Gasteiger charge is -2.14. The van der Waals surface area contributed by atoms with Crippen LogP contribution in [-0.2, 0) is 20.2 Å². The lowest BCUT2D eigenvalue weighted by Crippen LogP contribution is -2.29. The number of rotatable bonds is 12. The van der Waals surface area contributed by atoms with Crippen molar-refractivity contribution in [1.82, 2.24) is 5.23 Å². The summed E-state index contributed by atoms with van der Waals surface area (Å²) in [4.78, 5) is 0. The Labute approximate surface area is 150 Å². The van der Waals surface area contributed by atoms with Crippen molar-refractivity contribution in [2.24, 2.45) is 0 Å². The second-order valence-electron chi connectivity index (χ2n) is 5.38. The summed E-state index contributed by atoms with van der Waals surface area (Å²) in [5.41, 5.74) is 7.36. The summed E-state index contributed by atoms with van der Waals surface area (Å²) in [6.07, 6.45) is 3.70. The molecule has 1 aromatic rings. The molecule has 7 nitrogen and oxygen atoms in total. The number of anilines is 1. The summed E-state index contributed by atoms with van der Waals surface area (Å²) in [5.74, 6) is 0.629. The summed E-state index contributed by atoms with van der Waals surface area (Å²) in [5, 5.41) is 12.2. The molecule has 0 aliphatic rings. The molecular formula is C16H28BN2O5P. The fourth-order valence-electron chi connectivity index (χ4n) is 2.09. The van der Waals surface area contributed by atoms with Gasteiger partial charge in [-0.3, -0.25) is 4.57 Å². The molecular weight excluding hydrogens is 342 g/mol. The fourth-order valence-corrected chi connectivity index (χ4v) is 3.57. The standard InChI is InChI=1S/C16H28BN2O5P/c1-4-23-25(21,24-5-2)9-7-6-8-22-16-11-14(10-15(18)12-16)13-19-17(3)20/h6-7,10-12,19-20H,4-5,8-9,13,18H2,1-3H3/b7-6+. The molecule has 1 aromatic carbocycles. The number of nitrogens with one attached hydrogen (secondary N) is 1. The Hall–Kier alpha value is -1.31. The molecule has 0 aromatic heterocycles. The van der Waals surface area contributed by atoms with Crippen LogP contribution in [0, 0.1) is 0 Å². The molecule has 1 rings (SSSR count). The number of hydrogen-bond donors (Lipinski definition) is 3. The van der Waals surface area contributed by atoms with Crippen LogP contribution in [0.3, 0.4) is 0 Å². The minimum Gasteiger partial charge on any atom is -0.489 e. The van der Waals surface area contributed by atoms with E-state index in [-0.39, 0.29) is 6.16 Å². The molecule has 140 valence electrons. The maximum Gasteiger partial charge on any atom is 0.373 e. The van der Waals surface area contributed by atoms with Gasteiger partial charge in [-0.15, -0.1) is 0 Å². The predicted molar refractivity (Wildman–Crippen MR) is 102 cm³/mol. The molecule has 0 saturated heterocycles. The Morgan fingerprint density at radius 2 is 1.92 bits per heavy atom. The van der Waals surface area contributed by atoms with E-state index < -0.39 is 14.6 Å². The molecule has 0 unspecified atom stereocenters. The van der Waals surface area contributed by atoms with E-state index in [2.05, 4.69) is 5.23 Å². The minimum absolute atomic E-state index is 0.207. The van der Waals surface area contributed by atoms with E-state index >= 15 is 0 Å². The normalized spacial score (nSPS) is 11.8. The van der Waals surface area contributed by atoms with Crippen molar-refractivity contribution in [2.75, 3.05) is 31.7 Å². The molecule has 0 aliphatic heterocycles. The highest BCUT2D eigenvalue weighted by Crippen LogP contribution is 2.47. The van der Waals surface area contributed by atoms with Crippen molar-refractivity contribution in [1.29, 1.82) is 0 Å². The first-order valence-electron chi connectivity index (χ1n) is 8.35. The first-order chi connectivity index (χ1) is 11.9. The lowest BCUT2D eigenvalue weighted by molar-refractivity contribution is 0.222. The van der Waals surface area contributed by atoms with Gasteiger partial charge < -0.3 is 29.8 Å². The fraction of sp³-hybridized carbons (Fsp3) is 0.500. The van der Waals surface area contributed by atoms with Crippen LogP contribution in [0.4, 0.5) is 5.69 Å². The maximum absolute atomic E-state index is 12.3. The maximum atomic E-state index is 12.3. The quantitative estimate of drug-likeness (QED) is 0.225. The molecule has 0 atom stereocenters. The summed E-state index contributed by atoms with van der Waals surface area (Å²) >= 11 is 0. The molecule has 25 heavy (non-hydrogen) atoms. The molecule has 0 saturated carbocycles. The lowest BCUT2D eigenvalue weighted by atomic mass is 9.88. The van der Waals surface area contributed by atoms with Gasteiger partial charge in [0.05, 0.1) is 19.4 Å². The van der Waals surface area contributed by atoms with Gasteiger partial charge in [0, 0.05) is 18.3 Å². The van der Waals surface area contributed by atoms with Gasteiger partial charge in [-0.2, -0.15) is 0 Å². The van der Waals surface area contributed by atoms with E-state index in [4.69, 9.17) is 19.5 Å². The Kier molecular flexibility index (Phi) is 9.86. The third-order valence-corrected chi connectivity index (χ3v) is 5.04. The van der Waals surface area contributed by atoms with Gasteiger partial charge >= 0.3 is 14.6 Å². The van der Waals surface area contributed by atoms with Crippen molar-refractivity contribution < 1.29 is 23.4 Å². The van der Waals surface area contributed by atoms with E-state index in [1.807, 2.05) is 12.1 Å². The van der Waals surface area contributed by atoms with Crippen LogP contribution < -0.4 is 15.7 Å². The molecule has 0 aliphatic carbocycles. The highest BCUT2D eigenvalue weighted by molar-refractivity contribution is 7.54. The van der Waals surface area contributed by atoms with Gasteiger partial charge in [-0.25, -0.2) is 0 Å². The number of benzene rings is 1. The second-order valence-corrected chi connectivity index (χ2v) is 7.48. The molecule has 0 amide bonds. The van der Waals surface area contributed by atoms with Gasteiger partial charge in [0.2, 0.25) is 0 Å². The molecule has 0 spiro atoms. The smallest absolute Gasteiger partial charge is 0.373 e. The largest absolute Gasteiger partial charge is 0.489 e. The van der Waals surface area contributed by atoms with Crippen LogP contribution in [0.1, 0.15) is 19.4 Å². The van der Waals surface area contributed by atoms with Gasteiger partial charge in [-0.05, 0) is 38.4 Å². The molecule has 0 heterocycles. The van der Waals surface area contributed by atoms with Crippen LogP contribution in [-0.4, -0.2) is 38.1 Å². The SMILES string of the molecule is CCOP(=O)(C/C=C/COc1cc(N)cc(CNB(C)O)c1)OCC. The minimum atomic E-state index is -3.06. The highest BCUT2D eigenvalue weighted by atomic mass is 31.2. The molecule has 0 bridgehead atoms. The summed E-state index contributed by atoms with van der Waals surface area (Å²) in [6.45, 7) is 6.69. The third kappa shape index (κ3) is 9.09. The van der Waals surface area contributed by atoms with Gasteiger partial charge in [0.1, 0.15) is 12.4 Å². The molecule has 0 fully saturated rings. The Balaban J connectivity index is 2.53. The Morgan fingerprint density at radius 1 is 1.24 bits per heavy atom. The number of nitrogens with two attached hydrogens (primary N) is 1. The second kappa shape index (κ2) is 11.3. The van der Waals surface area contributed by atoms with Crippen molar-refractivity contribution >= 4 is 20.3 Å². The van der Waals surface area contributed by atoms with E-state index in [0.29, 0.717) is 37.8 Å². The van der Waals surface area contributed by atoms with Crippen LogP contribution in [0.5, 0.6) is 5.75 Å². The summed E-state index contributed by atoms with van der Waals surface area (Å²) in [6, 6.07) is 5.40. The van der Waals surface area contributed by atoms with Crippen LogP contribution in [0.25, 0.3) is 0 Å². The Morgan fingerprint density at radius 3 is 2.52 bits per heavy atom. The van der Waals surface area contributed by atoms with Gasteiger partial charge in [0.25, 0.3) is 0 Å². The van der Waals surface area contributed by atoms with Crippen LogP contribution in [0.15, 0.2) is 30.4 Å².